The topological polar surface area (TPSA) is 67.8 Å². The van der Waals surface area contributed by atoms with Gasteiger partial charge < -0.3 is 0 Å². The lowest BCUT2D eigenvalue weighted by molar-refractivity contribution is -0.111. The van der Waals surface area contributed by atoms with Crippen LogP contribution in [0.25, 0.3) is 6.08 Å². The first-order chi connectivity index (χ1) is 10.3. The number of amides is 1. The minimum atomic E-state index is -0.213. The number of anilines is 1. The van der Waals surface area contributed by atoms with Crippen LogP contribution in [-0.2, 0) is 11.2 Å². The van der Waals surface area contributed by atoms with Gasteiger partial charge in [-0.25, -0.2) is 0 Å². The molecule has 21 heavy (non-hydrogen) atoms. The third kappa shape index (κ3) is 5.43. The molecular weight excluding hydrogens is 284 g/mol. The fourth-order valence-corrected chi connectivity index (χ4v) is 2.51. The second-order valence-corrected chi connectivity index (χ2v) is 5.63. The van der Waals surface area contributed by atoms with E-state index < -0.39 is 0 Å². The summed E-state index contributed by atoms with van der Waals surface area (Å²) >= 11 is 1.43. The minimum Gasteiger partial charge on any atom is -0.297 e. The maximum Gasteiger partial charge on any atom is 0.250 e. The van der Waals surface area contributed by atoms with Gasteiger partial charge in [0.25, 0.3) is 0 Å². The summed E-state index contributed by atoms with van der Waals surface area (Å²) in [7, 11) is 0. The van der Waals surface area contributed by atoms with Crippen LogP contribution in [0.1, 0.15) is 36.8 Å². The molecule has 1 N–H and O–H groups in total. The summed E-state index contributed by atoms with van der Waals surface area (Å²) in [4.78, 5) is 15.8. The number of unbranched alkanes of at least 4 members (excludes halogenated alkanes) is 2. The molecule has 0 fully saturated rings. The number of aromatic nitrogens is 3. The Morgan fingerprint density at radius 1 is 1.38 bits per heavy atom. The Hall–Kier alpha value is -2.08. The summed E-state index contributed by atoms with van der Waals surface area (Å²) in [6.07, 6.45) is 11.0. The van der Waals surface area contributed by atoms with Crippen molar-refractivity contribution in [2.75, 3.05) is 5.32 Å². The minimum absolute atomic E-state index is 0.213. The second-order valence-electron chi connectivity index (χ2n) is 4.57. The monoisotopic (exact) mass is 302 g/mol. The fraction of sp³-hybridized carbons (Fsp3) is 0.333. The van der Waals surface area contributed by atoms with Crippen LogP contribution in [-0.4, -0.2) is 21.1 Å². The summed E-state index contributed by atoms with van der Waals surface area (Å²) in [6.45, 7) is 2.17. The van der Waals surface area contributed by atoms with Crippen molar-refractivity contribution in [2.24, 2.45) is 0 Å². The number of pyridine rings is 1. The predicted molar refractivity (Wildman–Crippen MR) is 85.0 cm³/mol. The van der Waals surface area contributed by atoms with Crippen molar-refractivity contribution in [2.45, 2.75) is 32.6 Å². The van der Waals surface area contributed by atoms with Gasteiger partial charge in [-0.2, -0.15) is 0 Å². The Morgan fingerprint density at radius 3 is 3.05 bits per heavy atom. The number of hydrogen-bond acceptors (Lipinski definition) is 5. The van der Waals surface area contributed by atoms with E-state index in [2.05, 4.69) is 27.4 Å². The first kappa shape index (κ1) is 15.3. The Bertz CT molecular complexity index is 595. The lowest BCUT2D eigenvalue weighted by Gasteiger charge is -1.95. The van der Waals surface area contributed by atoms with Crippen molar-refractivity contribution < 1.29 is 4.79 Å². The van der Waals surface area contributed by atoms with Crippen molar-refractivity contribution in [3.8, 4) is 0 Å². The number of carbonyl (C=O) groups excluding carboxylic acids is 1. The third-order valence-corrected chi connectivity index (χ3v) is 3.70. The van der Waals surface area contributed by atoms with Crippen molar-refractivity contribution in [1.29, 1.82) is 0 Å². The number of aryl methyl sites for hydroxylation is 1. The summed E-state index contributed by atoms with van der Waals surface area (Å²) in [5, 5.41) is 12.3. The van der Waals surface area contributed by atoms with Gasteiger partial charge in [-0.1, -0.05) is 37.2 Å². The molecule has 0 aliphatic carbocycles. The molecule has 0 atom stereocenters. The van der Waals surface area contributed by atoms with Crippen LogP contribution in [0.15, 0.2) is 30.6 Å². The second kappa shape index (κ2) is 8.26. The SMILES string of the molecule is CCCCCc1nnc(NC(=O)C=Cc2cccnc2)s1. The third-order valence-electron chi connectivity index (χ3n) is 2.80. The van der Waals surface area contributed by atoms with E-state index in [0.29, 0.717) is 5.13 Å². The molecule has 5 nitrogen and oxygen atoms in total. The lowest BCUT2D eigenvalue weighted by Crippen LogP contribution is -2.07. The van der Waals surface area contributed by atoms with E-state index in [4.69, 9.17) is 0 Å². The first-order valence-electron chi connectivity index (χ1n) is 6.99. The highest BCUT2D eigenvalue weighted by molar-refractivity contribution is 7.15. The standard InChI is InChI=1S/C15H18N4OS/c1-2-3-4-7-14-18-19-15(21-14)17-13(20)9-8-12-6-5-10-16-11-12/h5-6,8-11H,2-4,7H2,1H3,(H,17,19,20). The first-order valence-corrected chi connectivity index (χ1v) is 7.81. The highest BCUT2D eigenvalue weighted by Gasteiger charge is 2.05. The maximum absolute atomic E-state index is 11.8. The number of hydrogen-bond donors (Lipinski definition) is 1. The van der Waals surface area contributed by atoms with E-state index in [1.54, 1.807) is 18.5 Å². The van der Waals surface area contributed by atoms with Crippen LogP contribution in [0.2, 0.25) is 0 Å². The van der Waals surface area contributed by atoms with Gasteiger partial charge >= 0.3 is 0 Å². The van der Waals surface area contributed by atoms with Gasteiger partial charge in [0.2, 0.25) is 11.0 Å². The molecule has 0 saturated carbocycles. The van der Waals surface area contributed by atoms with Gasteiger partial charge in [0.15, 0.2) is 0 Å². The number of carbonyl (C=O) groups is 1. The molecule has 0 bridgehead atoms. The van der Waals surface area contributed by atoms with Crippen LogP contribution in [0.4, 0.5) is 5.13 Å². The van der Waals surface area contributed by atoms with E-state index in [9.17, 15) is 4.79 Å². The van der Waals surface area contributed by atoms with Gasteiger partial charge in [0, 0.05) is 24.9 Å². The van der Waals surface area contributed by atoms with Crippen molar-refractivity contribution >= 4 is 28.5 Å². The summed E-state index contributed by atoms with van der Waals surface area (Å²) in [5.41, 5.74) is 0.880. The molecule has 0 aliphatic heterocycles. The molecule has 2 aromatic heterocycles. The van der Waals surface area contributed by atoms with E-state index in [1.165, 1.54) is 30.3 Å². The van der Waals surface area contributed by atoms with Crippen LogP contribution in [0, 0.1) is 0 Å². The Kier molecular flexibility index (Phi) is 6.02. The molecule has 2 heterocycles. The molecule has 0 radical (unpaired) electrons. The average molecular weight is 302 g/mol. The largest absolute Gasteiger partial charge is 0.297 e. The highest BCUT2D eigenvalue weighted by Crippen LogP contribution is 2.17. The Morgan fingerprint density at radius 2 is 2.29 bits per heavy atom. The molecule has 0 aromatic carbocycles. The number of rotatable bonds is 7. The van der Waals surface area contributed by atoms with Crippen molar-refractivity contribution in [3.05, 3.63) is 41.2 Å². The molecule has 2 rings (SSSR count). The van der Waals surface area contributed by atoms with Crippen LogP contribution in [0.5, 0.6) is 0 Å². The molecule has 0 aliphatic rings. The fourth-order valence-electron chi connectivity index (χ4n) is 1.72. The molecular formula is C15H18N4OS. The summed E-state index contributed by atoms with van der Waals surface area (Å²) < 4.78 is 0. The molecule has 0 unspecified atom stereocenters. The molecule has 2 aromatic rings. The zero-order valence-corrected chi connectivity index (χ0v) is 12.8. The maximum atomic E-state index is 11.8. The molecule has 110 valence electrons. The van der Waals surface area contributed by atoms with E-state index >= 15 is 0 Å². The van der Waals surface area contributed by atoms with Crippen LogP contribution < -0.4 is 5.32 Å². The Labute approximate surface area is 128 Å². The highest BCUT2D eigenvalue weighted by atomic mass is 32.1. The zero-order valence-electron chi connectivity index (χ0n) is 12.0. The van der Waals surface area contributed by atoms with E-state index in [0.717, 1.165) is 23.4 Å². The molecule has 0 spiro atoms. The average Bonchev–Trinajstić information content (AvgIpc) is 2.94. The molecule has 0 saturated heterocycles. The summed E-state index contributed by atoms with van der Waals surface area (Å²) in [5.74, 6) is -0.213. The van der Waals surface area contributed by atoms with E-state index in [-0.39, 0.29) is 5.91 Å². The summed E-state index contributed by atoms with van der Waals surface area (Å²) in [6, 6.07) is 3.71. The van der Waals surface area contributed by atoms with Gasteiger partial charge in [-0.15, -0.1) is 10.2 Å². The van der Waals surface area contributed by atoms with Gasteiger partial charge in [-0.3, -0.25) is 15.1 Å². The van der Waals surface area contributed by atoms with Gasteiger partial charge in [-0.05, 0) is 24.1 Å². The van der Waals surface area contributed by atoms with Crippen LogP contribution >= 0.6 is 11.3 Å². The van der Waals surface area contributed by atoms with Gasteiger partial charge in [0.1, 0.15) is 5.01 Å². The Balaban J connectivity index is 1.84. The zero-order chi connectivity index (χ0) is 14.9. The normalized spacial score (nSPS) is 10.9. The molecule has 1 amide bonds. The van der Waals surface area contributed by atoms with Crippen molar-refractivity contribution in [1.82, 2.24) is 15.2 Å². The number of nitrogens with zero attached hydrogens (tertiary/aromatic N) is 3. The van der Waals surface area contributed by atoms with Gasteiger partial charge in [0.05, 0.1) is 0 Å². The van der Waals surface area contributed by atoms with E-state index in [1.807, 2.05) is 12.1 Å². The molecule has 6 heteroatoms. The lowest BCUT2D eigenvalue weighted by atomic mass is 10.2. The van der Waals surface area contributed by atoms with Crippen LogP contribution in [0.3, 0.4) is 0 Å². The number of nitrogens with one attached hydrogen (secondary N) is 1. The van der Waals surface area contributed by atoms with Crippen molar-refractivity contribution in [3.63, 3.8) is 0 Å². The predicted octanol–water partition coefficient (Wildman–Crippen LogP) is 3.32. The quantitative estimate of drug-likeness (QED) is 0.629. The smallest absolute Gasteiger partial charge is 0.250 e.